The van der Waals surface area contributed by atoms with Crippen LogP contribution < -0.4 is 0 Å². The van der Waals surface area contributed by atoms with E-state index in [4.69, 9.17) is 15.4 Å². The lowest BCUT2D eigenvalue weighted by Crippen LogP contribution is -2.20. The second-order valence-corrected chi connectivity index (χ2v) is 5.93. The molecule has 0 amide bonds. The van der Waals surface area contributed by atoms with Crippen LogP contribution in [-0.2, 0) is 13.8 Å². The summed E-state index contributed by atoms with van der Waals surface area (Å²) in [7, 11) is 1.60. The predicted octanol–water partition coefficient (Wildman–Crippen LogP) is 1.16. The number of imidazole rings is 1. The van der Waals surface area contributed by atoms with Crippen LogP contribution in [0, 0.1) is 0 Å². The zero-order valence-electron chi connectivity index (χ0n) is 7.97. The van der Waals surface area contributed by atoms with E-state index in [1.807, 2.05) is 0 Å². The third-order valence-corrected chi connectivity index (χ3v) is 3.75. The maximum absolute atomic E-state index is 11.2. The van der Waals surface area contributed by atoms with E-state index < -0.39 is 9.05 Å². The molecule has 0 aliphatic carbocycles. The normalized spacial score (nSPS) is 19.3. The number of hydrogen-bond acceptors (Lipinski definition) is 4. The van der Waals surface area contributed by atoms with Crippen molar-refractivity contribution in [2.75, 3.05) is 13.2 Å². The summed E-state index contributed by atoms with van der Waals surface area (Å²) in [6.45, 7) is 1.29. The molecule has 0 spiro atoms. The molecule has 0 unspecified atom stereocenters. The van der Waals surface area contributed by atoms with Crippen LogP contribution in [0.25, 0.3) is 0 Å². The molecular formula is C8H11ClN2O3S. The van der Waals surface area contributed by atoms with Gasteiger partial charge in [0.2, 0.25) is 0 Å². The third-order valence-electron chi connectivity index (χ3n) is 2.46. The summed E-state index contributed by atoms with van der Waals surface area (Å²) in [5, 5.41) is 0.0658. The quantitative estimate of drug-likeness (QED) is 0.739. The lowest BCUT2D eigenvalue weighted by molar-refractivity contribution is 0.0674. The second-order valence-electron chi connectivity index (χ2n) is 3.42. The molecule has 84 valence electrons. The predicted molar refractivity (Wildman–Crippen MR) is 54.4 cm³/mol. The van der Waals surface area contributed by atoms with Crippen LogP contribution in [0.15, 0.2) is 17.6 Å². The van der Waals surface area contributed by atoms with E-state index in [1.54, 1.807) is 4.57 Å². The van der Waals surface area contributed by atoms with Gasteiger partial charge < -0.3 is 9.30 Å². The maximum atomic E-state index is 11.2. The summed E-state index contributed by atoms with van der Waals surface area (Å²) < 4.78 is 29.3. The van der Waals surface area contributed by atoms with Gasteiger partial charge >= 0.3 is 0 Å². The fraction of sp³-hybridized carbons (Fsp3) is 0.625. The van der Waals surface area contributed by atoms with Gasteiger partial charge in [0.05, 0.1) is 12.5 Å². The highest BCUT2D eigenvalue weighted by Crippen LogP contribution is 2.25. The van der Waals surface area contributed by atoms with Gasteiger partial charge in [0.1, 0.15) is 0 Å². The van der Waals surface area contributed by atoms with Gasteiger partial charge in [-0.2, -0.15) is 0 Å². The van der Waals surface area contributed by atoms with E-state index in [2.05, 4.69) is 4.98 Å². The number of rotatable bonds is 2. The minimum absolute atomic E-state index is 0.0658. The first-order chi connectivity index (χ1) is 7.09. The first-order valence-electron chi connectivity index (χ1n) is 4.63. The molecular weight excluding hydrogens is 240 g/mol. The standard InChI is InChI=1S/C8H11ClN2O3S/c9-15(12,13)8-5-10-6-11(8)7-1-3-14-4-2-7/h5-7H,1-4H2. The van der Waals surface area contributed by atoms with Crippen LogP contribution in [0.4, 0.5) is 0 Å². The summed E-state index contributed by atoms with van der Waals surface area (Å²) in [4.78, 5) is 3.82. The summed E-state index contributed by atoms with van der Waals surface area (Å²) in [5.41, 5.74) is 0. The molecule has 0 N–H and O–H groups in total. The van der Waals surface area contributed by atoms with Gasteiger partial charge in [0.15, 0.2) is 5.03 Å². The Morgan fingerprint density at radius 2 is 2.13 bits per heavy atom. The Labute approximate surface area is 92.4 Å². The van der Waals surface area contributed by atoms with Gasteiger partial charge in [-0.15, -0.1) is 0 Å². The van der Waals surface area contributed by atoms with E-state index in [1.165, 1.54) is 12.5 Å². The largest absolute Gasteiger partial charge is 0.381 e. The van der Waals surface area contributed by atoms with Crippen molar-refractivity contribution in [1.82, 2.24) is 9.55 Å². The average molecular weight is 251 g/mol. The van der Waals surface area contributed by atoms with Crippen molar-refractivity contribution in [1.29, 1.82) is 0 Å². The Morgan fingerprint density at radius 3 is 2.73 bits per heavy atom. The SMILES string of the molecule is O=S(=O)(Cl)c1cncn1C1CCOCC1. The Kier molecular flexibility index (Phi) is 2.99. The number of halogens is 1. The minimum atomic E-state index is -3.71. The van der Waals surface area contributed by atoms with Crippen molar-refractivity contribution >= 4 is 19.7 Å². The summed E-state index contributed by atoms with van der Waals surface area (Å²) >= 11 is 0. The smallest absolute Gasteiger partial charge is 0.278 e. The van der Waals surface area contributed by atoms with Crippen molar-refractivity contribution in [3.05, 3.63) is 12.5 Å². The van der Waals surface area contributed by atoms with Crippen LogP contribution in [0.2, 0.25) is 0 Å². The van der Waals surface area contributed by atoms with Crippen LogP contribution >= 0.6 is 10.7 Å². The molecule has 0 aromatic carbocycles. The molecule has 5 nitrogen and oxygen atoms in total. The average Bonchev–Trinajstić information content (AvgIpc) is 2.67. The van der Waals surface area contributed by atoms with E-state index >= 15 is 0 Å². The fourth-order valence-electron chi connectivity index (χ4n) is 1.72. The highest BCUT2D eigenvalue weighted by molar-refractivity contribution is 8.13. The van der Waals surface area contributed by atoms with E-state index in [0.717, 1.165) is 12.8 Å². The zero-order chi connectivity index (χ0) is 10.9. The molecule has 1 aromatic heterocycles. The van der Waals surface area contributed by atoms with E-state index in [-0.39, 0.29) is 11.1 Å². The molecule has 0 radical (unpaired) electrons. The number of ether oxygens (including phenoxy) is 1. The van der Waals surface area contributed by atoms with Gasteiger partial charge in [-0.3, -0.25) is 0 Å². The monoisotopic (exact) mass is 250 g/mol. The van der Waals surface area contributed by atoms with Crippen molar-refractivity contribution in [2.45, 2.75) is 23.9 Å². The summed E-state index contributed by atoms with van der Waals surface area (Å²) in [6.07, 6.45) is 4.36. The number of nitrogens with zero attached hydrogens (tertiary/aromatic N) is 2. The van der Waals surface area contributed by atoms with Gasteiger partial charge in [0.25, 0.3) is 9.05 Å². The first kappa shape index (κ1) is 10.9. The van der Waals surface area contributed by atoms with Crippen molar-refractivity contribution in [3.8, 4) is 0 Å². The highest BCUT2D eigenvalue weighted by Gasteiger charge is 2.23. The third kappa shape index (κ3) is 2.32. The molecule has 0 bridgehead atoms. The van der Waals surface area contributed by atoms with E-state index in [9.17, 15) is 8.42 Å². The van der Waals surface area contributed by atoms with Gasteiger partial charge in [-0.1, -0.05) is 0 Å². The first-order valence-corrected chi connectivity index (χ1v) is 6.94. The van der Waals surface area contributed by atoms with Gasteiger partial charge in [-0.05, 0) is 12.8 Å². The van der Waals surface area contributed by atoms with Crippen molar-refractivity contribution in [3.63, 3.8) is 0 Å². The Morgan fingerprint density at radius 1 is 1.47 bits per heavy atom. The van der Waals surface area contributed by atoms with E-state index in [0.29, 0.717) is 13.2 Å². The number of hydrogen-bond donors (Lipinski definition) is 0. The molecule has 15 heavy (non-hydrogen) atoms. The summed E-state index contributed by atoms with van der Waals surface area (Å²) in [5.74, 6) is 0. The molecule has 1 aliphatic heterocycles. The highest BCUT2D eigenvalue weighted by atomic mass is 35.7. The molecule has 0 saturated carbocycles. The van der Waals surface area contributed by atoms with Crippen LogP contribution in [0.1, 0.15) is 18.9 Å². The topological polar surface area (TPSA) is 61.2 Å². The maximum Gasteiger partial charge on any atom is 0.278 e. The molecule has 7 heteroatoms. The van der Waals surface area contributed by atoms with Gasteiger partial charge in [-0.25, -0.2) is 13.4 Å². The molecule has 2 rings (SSSR count). The fourth-order valence-corrected chi connectivity index (χ4v) is 2.71. The minimum Gasteiger partial charge on any atom is -0.381 e. The van der Waals surface area contributed by atoms with Crippen molar-refractivity contribution < 1.29 is 13.2 Å². The molecule has 1 aliphatic rings. The molecule has 1 aromatic rings. The van der Waals surface area contributed by atoms with Crippen LogP contribution in [-0.4, -0.2) is 31.2 Å². The second kappa shape index (κ2) is 4.11. The number of aromatic nitrogens is 2. The van der Waals surface area contributed by atoms with Crippen LogP contribution in [0.3, 0.4) is 0 Å². The lowest BCUT2D eigenvalue weighted by atomic mass is 10.1. The Hall–Kier alpha value is -0.590. The molecule has 1 saturated heterocycles. The molecule has 0 atom stereocenters. The molecule has 1 fully saturated rings. The summed E-state index contributed by atoms with van der Waals surface area (Å²) in [6, 6.07) is 0.116. The lowest BCUT2D eigenvalue weighted by Gasteiger charge is -2.24. The van der Waals surface area contributed by atoms with Crippen LogP contribution in [0.5, 0.6) is 0 Å². The Bertz CT molecular complexity index is 436. The zero-order valence-corrected chi connectivity index (χ0v) is 9.54. The molecule has 2 heterocycles. The van der Waals surface area contributed by atoms with Gasteiger partial charge in [0, 0.05) is 29.9 Å². The van der Waals surface area contributed by atoms with Crippen molar-refractivity contribution in [2.24, 2.45) is 0 Å². The Balaban J connectivity index is 2.32.